The number of rotatable bonds is 3. The number of carbonyl (C=O) groups is 2. The Labute approximate surface area is 194 Å². The number of hydrogen-bond acceptors (Lipinski definition) is 4. The second-order valence-corrected chi connectivity index (χ2v) is 8.37. The van der Waals surface area contributed by atoms with Crippen LogP contribution < -0.4 is 0 Å². The maximum absolute atomic E-state index is 12.9. The van der Waals surface area contributed by atoms with Crippen LogP contribution in [0.25, 0.3) is 5.69 Å². The number of benzene rings is 2. The van der Waals surface area contributed by atoms with E-state index in [1.54, 1.807) is 45.7 Å². The number of para-hydroxylation sites is 1. The van der Waals surface area contributed by atoms with Crippen molar-refractivity contribution < 1.29 is 9.59 Å². The smallest absolute Gasteiger partial charge is 0.293 e. The van der Waals surface area contributed by atoms with Crippen LogP contribution >= 0.6 is 34.8 Å². The second kappa shape index (κ2) is 8.86. The third-order valence-corrected chi connectivity index (χ3v) is 5.76. The van der Waals surface area contributed by atoms with Crippen molar-refractivity contribution in [3.05, 3.63) is 74.7 Å². The van der Waals surface area contributed by atoms with E-state index in [2.05, 4.69) is 10.1 Å². The predicted molar refractivity (Wildman–Crippen MR) is 119 cm³/mol. The van der Waals surface area contributed by atoms with Gasteiger partial charge < -0.3 is 9.80 Å². The standard InChI is InChI=1S/C21H18Cl3N5O2/c1-13-25-19(26-29(13)18-5-3-2-4-17(18)24)21(31)28-8-6-27(7-9-28)20(30)14-10-15(22)12-16(23)11-14/h2-5,10-12H,6-9H2,1H3. The van der Waals surface area contributed by atoms with Crippen molar-refractivity contribution in [3.63, 3.8) is 0 Å². The van der Waals surface area contributed by atoms with Gasteiger partial charge in [0.1, 0.15) is 5.82 Å². The van der Waals surface area contributed by atoms with E-state index in [9.17, 15) is 9.59 Å². The first-order valence-electron chi connectivity index (χ1n) is 9.56. The predicted octanol–water partition coefficient (Wildman–Crippen LogP) is 4.13. The van der Waals surface area contributed by atoms with Gasteiger partial charge in [0.05, 0.1) is 10.7 Å². The quantitative estimate of drug-likeness (QED) is 0.567. The highest BCUT2D eigenvalue weighted by atomic mass is 35.5. The van der Waals surface area contributed by atoms with E-state index in [1.165, 1.54) is 0 Å². The Hall–Kier alpha value is -2.61. The monoisotopic (exact) mass is 477 g/mol. The first kappa shape index (κ1) is 21.6. The lowest BCUT2D eigenvalue weighted by Crippen LogP contribution is -2.50. The van der Waals surface area contributed by atoms with Gasteiger partial charge in [-0.05, 0) is 37.3 Å². The Morgan fingerprint density at radius 1 is 0.871 bits per heavy atom. The molecule has 4 rings (SSSR count). The third-order valence-electron chi connectivity index (χ3n) is 5.00. The van der Waals surface area contributed by atoms with Gasteiger partial charge in [0.25, 0.3) is 11.8 Å². The molecule has 1 fully saturated rings. The van der Waals surface area contributed by atoms with Crippen molar-refractivity contribution in [2.24, 2.45) is 0 Å². The molecule has 2 amide bonds. The fourth-order valence-electron chi connectivity index (χ4n) is 3.45. The molecule has 10 heteroatoms. The van der Waals surface area contributed by atoms with Crippen LogP contribution in [0.4, 0.5) is 0 Å². The molecule has 0 saturated carbocycles. The Morgan fingerprint density at radius 2 is 1.45 bits per heavy atom. The molecular formula is C21H18Cl3N5O2. The number of aromatic nitrogens is 3. The number of amides is 2. The first-order valence-corrected chi connectivity index (χ1v) is 10.7. The third kappa shape index (κ3) is 4.54. The zero-order valence-electron chi connectivity index (χ0n) is 16.6. The highest BCUT2D eigenvalue weighted by Crippen LogP contribution is 2.22. The van der Waals surface area contributed by atoms with Gasteiger partial charge in [-0.3, -0.25) is 9.59 Å². The topological polar surface area (TPSA) is 71.3 Å². The van der Waals surface area contributed by atoms with Gasteiger partial charge in [-0.1, -0.05) is 46.9 Å². The summed E-state index contributed by atoms with van der Waals surface area (Å²) in [6, 6.07) is 12.0. The maximum Gasteiger partial charge on any atom is 0.293 e. The molecule has 0 radical (unpaired) electrons. The first-order chi connectivity index (χ1) is 14.8. The molecular weight excluding hydrogens is 461 g/mol. The number of nitrogens with zero attached hydrogens (tertiary/aromatic N) is 5. The molecule has 1 aliphatic heterocycles. The Balaban J connectivity index is 1.45. The molecule has 0 unspecified atom stereocenters. The van der Waals surface area contributed by atoms with E-state index in [4.69, 9.17) is 34.8 Å². The maximum atomic E-state index is 12.9. The lowest BCUT2D eigenvalue weighted by molar-refractivity contribution is 0.0529. The molecule has 0 bridgehead atoms. The minimum Gasteiger partial charge on any atom is -0.335 e. The molecule has 2 heterocycles. The summed E-state index contributed by atoms with van der Waals surface area (Å²) in [5, 5.41) is 5.68. The zero-order chi connectivity index (χ0) is 22.1. The molecule has 160 valence electrons. The van der Waals surface area contributed by atoms with Gasteiger partial charge in [0, 0.05) is 41.8 Å². The van der Waals surface area contributed by atoms with Crippen LogP contribution in [0.15, 0.2) is 42.5 Å². The lowest BCUT2D eigenvalue weighted by atomic mass is 10.2. The van der Waals surface area contributed by atoms with E-state index in [0.29, 0.717) is 58.3 Å². The molecule has 0 atom stereocenters. The SMILES string of the molecule is Cc1nc(C(=O)N2CCN(C(=O)c3cc(Cl)cc(Cl)c3)CC2)nn1-c1ccccc1Cl. The lowest BCUT2D eigenvalue weighted by Gasteiger charge is -2.34. The molecule has 0 spiro atoms. The van der Waals surface area contributed by atoms with E-state index in [0.717, 1.165) is 0 Å². The second-order valence-electron chi connectivity index (χ2n) is 7.09. The number of aryl methyl sites for hydroxylation is 1. The van der Waals surface area contributed by atoms with E-state index in [-0.39, 0.29) is 17.6 Å². The van der Waals surface area contributed by atoms with Crippen LogP contribution in [0.1, 0.15) is 26.8 Å². The summed E-state index contributed by atoms with van der Waals surface area (Å²) in [5.74, 6) is 0.196. The van der Waals surface area contributed by atoms with Gasteiger partial charge in [-0.15, -0.1) is 5.10 Å². The molecule has 1 aromatic heterocycles. The van der Waals surface area contributed by atoms with E-state index in [1.807, 2.05) is 18.2 Å². The number of halogens is 3. The molecule has 0 aliphatic carbocycles. The largest absolute Gasteiger partial charge is 0.335 e. The zero-order valence-corrected chi connectivity index (χ0v) is 18.8. The van der Waals surface area contributed by atoms with Gasteiger partial charge in [0.15, 0.2) is 0 Å². The van der Waals surface area contributed by atoms with Crippen LogP contribution in [-0.4, -0.2) is 62.6 Å². The molecule has 2 aromatic carbocycles. The van der Waals surface area contributed by atoms with E-state index >= 15 is 0 Å². The van der Waals surface area contributed by atoms with Gasteiger partial charge >= 0.3 is 0 Å². The molecule has 3 aromatic rings. The molecule has 1 aliphatic rings. The average molecular weight is 479 g/mol. The van der Waals surface area contributed by atoms with Crippen LogP contribution in [0, 0.1) is 6.92 Å². The van der Waals surface area contributed by atoms with Crippen molar-refractivity contribution in [3.8, 4) is 5.69 Å². The van der Waals surface area contributed by atoms with Crippen LogP contribution in [-0.2, 0) is 0 Å². The molecule has 0 N–H and O–H groups in total. The van der Waals surface area contributed by atoms with Crippen LogP contribution in [0.3, 0.4) is 0 Å². The minimum absolute atomic E-state index is 0.0961. The summed E-state index contributed by atoms with van der Waals surface area (Å²) >= 11 is 18.3. The van der Waals surface area contributed by atoms with Crippen LogP contribution in [0.5, 0.6) is 0 Å². The summed E-state index contributed by atoms with van der Waals surface area (Å²) in [5.41, 5.74) is 1.08. The number of carbonyl (C=O) groups excluding carboxylic acids is 2. The van der Waals surface area contributed by atoms with Gasteiger partial charge in [0.2, 0.25) is 5.82 Å². The van der Waals surface area contributed by atoms with Crippen molar-refractivity contribution in [2.75, 3.05) is 26.2 Å². The molecule has 31 heavy (non-hydrogen) atoms. The fraction of sp³-hybridized carbons (Fsp3) is 0.238. The molecule has 1 saturated heterocycles. The highest BCUT2D eigenvalue weighted by molar-refractivity contribution is 6.35. The normalized spacial score (nSPS) is 14.1. The van der Waals surface area contributed by atoms with Crippen molar-refractivity contribution in [2.45, 2.75) is 6.92 Å². The summed E-state index contributed by atoms with van der Waals surface area (Å²) in [4.78, 5) is 33.3. The van der Waals surface area contributed by atoms with Crippen molar-refractivity contribution in [1.82, 2.24) is 24.6 Å². The van der Waals surface area contributed by atoms with Crippen molar-refractivity contribution >= 4 is 46.6 Å². The van der Waals surface area contributed by atoms with Gasteiger partial charge in [-0.25, -0.2) is 9.67 Å². The minimum atomic E-state index is -0.285. The summed E-state index contributed by atoms with van der Waals surface area (Å²) in [6.07, 6.45) is 0. The summed E-state index contributed by atoms with van der Waals surface area (Å²) in [6.45, 7) is 3.29. The van der Waals surface area contributed by atoms with Gasteiger partial charge in [-0.2, -0.15) is 0 Å². The van der Waals surface area contributed by atoms with Crippen LogP contribution in [0.2, 0.25) is 15.1 Å². The Kier molecular flexibility index (Phi) is 6.18. The highest BCUT2D eigenvalue weighted by Gasteiger charge is 2.28. The van der Waals surface area contributed by atoms with E-state index < -0.39 is 0 Å². The Bertz CT molecular complexity index is 1140. The number of hydrogen-bond donors (Lipinski definition) is 0. The number of piperazine rings is 1. The average Bonchev–Trinajstić information content (AvgIpc) is 3.14. The summed E-state index contributed by atoms with van der Waals surface area (Å²) in [7, 11) is 0. The fourth-order valence-corrected chi connectivity index (χ4v) is 4.19. The molecule has 7 nitrogen and oxygen atoms in total. The Morgan fingerprint density at radius 3 is 2.06 bits per heavy atom. The van der Waals surface area contributed by atoms with Crippen molar-refractivity contribution in [1.29, 1.82) is 0 Å². The summed E-state index contributed by atoms with van der Waals surface area (Å²) < 4.78 is 1.55.